The number of aryl methyl sites for hydroxylation is 1. The summed E-state index contributed by atoms with van der Waals surface area (Å²) in [5.41, 5.74) is 1.10. The SMILES string of the molecule is Cc1occc1C(=O)OCc1nc(-c2cccnc2)no1. The predicted molar refractivity (Wildman–Crippen MR) is 70.1 cm³/mol. The van der Waals surface area contributed by atoms with Gasteiger partial charge in [0.1, 0.15) is 11.3 Å². The quantitative estimate of drug-likeness (QED) is 0.679. The number of hydrogen-bond acceptors (Lipinski definition) is 7. The van der Waals surface area contributed by atoms with Gasteiger partial charge in [0.2, 0.25) is 5.82 Å². The standard InChI is InChI=1S/C14H11N3O4/c1-9-11(4-6-19-9)14(18)20-8-12-16-13(17-21-12)10-3-2-5-15-7-10/h2-7H,8H2,1H3. The third kappa shape index (κ3) is 2.81. The second-order valence-electron chi connectivity index (χ2n) is 4.22. The first kappa shape index (κ1) is 13.0. The summed E-state index contributed by atoms with van der Waals surface area (Å²) in [5.74, 6) is 0.612. The minimum atomic E-state index is -0.498. The van der Waals surface area contributed by atoms with Crippen LogP contribution in [0.3, 0.4) is 0 Å². The minimum Gasteiger partial charge on any atom is -0.469 e. The number of esters is 1. The van der Waals surface area contributed by atoms with Crippen LogP contribution in [0.4, 0.5) is 0 Å². The van der Waals surface area contributed by atoms with E-state index in [2.05, 4.69) is 15.1 Å². The highest BCUT2D eigenvalue weighted by Gasteiger charge is 2.15. The molecule has 3 rings (SSSR count). The first-order chi connectivity index (χ1) is 10.2. The predicted octanol–water partition coefficient (Wildman–Crippen LogP) is 2.39. The molecule has 0 spiro atoms. The topological polar surface area (TPSA) is 91.2 Å². The summed E-state index contributed by atoms with van der Waals surface area (Å²) in [6.45, 7) is 1.58. The molecule has 0 saturated carbocycles. The molecule has 3 aromatic heterocycles. The van der Waals surface area contributed by atoms with Crippen LogP contribution in [-0.4, -0.2) is 21.1 Å². The smallest absolute Gasteiger partial charge is 0.342 e. The maximum atomic E-state index is 11.8. The Morgan fingerprint density at radius 3 is 3.00 bits per heavy atom. The molecule has 0 aliphatic heterocycles. The molecule has 0 aliphatic carbocycles. The second kappa shape index (κ2) is 5.58. The average molecular weight is 285 g/mol. The van der Waals surface area contributed by atoms with Gasteiger partial charge >= 0.3 is 5.97 Å². The Bertz CT molecular complexity index is 748. The van der Waals surface area contributed by atoms with Gasteiger partial charge in [-0.3, -0.25) is 4.98 Å². The normalized spacial score (nSPS) is 10.5. The van der Waals surface area contributed by atoms with Gasteiger partial charge in [-0.2, -0.15) is 4.98 Å². The molecular formula is C14H11N3O4. The van der Waals surface area contributed by atoms with E-state index in [9.17, 15) is 4.79 Å². The van der Waals surface area contributed by atoms with E-state index in [0.29, 0.717) is 17.1 Å². The molecule has 0 bridgehead atoms. The maximum Gasteiger partial charge on any atom is 0.342 e. The highest BCUT2D eigenvalue weighted by Crippen LogP contribution is 2.15. The Hall–Kier alpha value is -2.96. The van der Waals surface area contributed by atoms with E-state index >= 15 is 0 Å². The number of rotatable bonds is 4. The summed E-state index contributed by atoms with van der Waals surface area (Å²) in [6.07, 6.45) is 4.70. The molecule has 3 heterocycles. The lowest BCUT2D eigenvalue weighted by molar-refractivity contribution is 0.0428. The summed E-state index contributed by atoms with van der Waals surface area (Å²) in [6, 6.07) is 5.13. The van der Waals surface area contributed by atoms with E-state index in [1.165, 1.54) is 6.26 Å². The van der Waals surface area contributed by atoms with Crippen molar-refractivity contribution < 1.29 is 18.5 Å². The zero-order chi connectivity index (χ0) is 14.7. The molecule has 0 saturated heterocycles. The molecule has 0 amide bonds. The van der Waals surface area contributed by atoms with Crippen LogP contribution in [0.25, 0.3) is 11.4 Å². The van der Waals surface area contributed by atoms with Gasteiger partial charge in [0.05, 0.1) is 6.26 Å². The van der Waals surface area contributed by atoms with E-state index in [1.54, 1.807) is 31.5 Å². The Balaban J connectivity index is 1.66. The Labute approximate surface area is 119 Å². The molecule has 7 nitrogen and oxygen atoms in total. The molecule has 0 N–H and O–H groups in total. The van der Waals surface area contributed by atoms with E-state index in [0.717, 1.165) is 5.56 Å². The third-order valence-corrected chi connectivity index (χ3v) is 2.79. The van der Waals surface area contributed by atoms with Gasteiger partial charge in [-0.25, -0.2) is 4.79 Å². The van der Waals surface area contributed by atoms with Gasteiger partial charge in [0, 0.05) is 18.0 Å². The monoisotopic (exact) mass is 285 g/mol. The van der Waals surface area contributed by atoms with Crippen LogP contribution in [0.5, 0.6) is 0 Å². The first-order valence-electron chi connectivity index (χ1n) is 6.18. The van der Waals surface area contributed by atoms with Gasteiger partial charge in [-0.15, -0.1) is 0 Å². The summed E-state index contributed by atoms with van der Waals surface area (Å²) in [7, 11) is 0. The Morgan fingerprint density at radius 1 is 1.38 bits per heavy atom. The molecule has 0 unspecified atom stereocenters. The number of furan rings is 1. The van der Waals surface area contributed by atoms with Crippen molar-refractivity contribution in [3.05, 3.63) is 54.1 Å². The molecular weight excluding hydrogens is 274 g/mol. The van der Waals surface area contributed by atoms with Crippen LogP contribution >= 0.6 is 0 Å². The number of nitrogens with zero attached hydrogens (tertiary/aromatic N) is 3. The van der Waals surface area contributed by atoms with Crippen molar-refractivity contribution in [1.82, 2.24) is 15.1 Å². The number of carbonyl (C=O) groups excluding carboxylic acids is 1. The van der Waals surface area contributed by atoms with E-state index < -0.39 is 5.97 Å². The molecule has 21 heavy (non-hydrogen) atoms. The van der Waals surface area contributed by atoms with Crippen LogP contribution in [0.2, 0.25) is 0 Å². The lowest BCUT2D eigenvalue weighted by Crippen LogP contribution is -2.05. The van der Waals surface area contributed by atoms with Crippen molar-refractivity contribution in [2.75, 3.05) is 0 Å². The third-order valence-electron chi connectivity index (χ3n) is 2.79. The summed E-state index contributed by atoms with van der Waals surface area (Å²) in [4.78, 5) is 19.9. The summed E-state index contributed by atoms with van der Waals surface area (Å²) >= 11 is 0. The van der Waals surface area contributed by atoms with Gasteiger partial charge in [0.15, 0.2) is 6.61 Å². The zero-order valence-corrected chi connectivity index (χ0v) is 11.1. The fourth-order valence-corrected chi connectivity index (χ4v) is 1.73. The lowest BCUT2D eigenvalue weighted by atomic mass is 10.3. The molecule has 106 valence electrons. The second-order valence-corrected chi connectivity index (χ2v) is 4.22. The fraction of sp³-hybridized carbons (Fsp3) is 0.143. The highest BCUT2D eigenvalue weighted by molar-refractivity contribution is 5.90. The van der Waals surface area contributed by atoms with Crippen LogP contribution in [0, 0.1) is 6.92 Å². The molecule has 0 aromatic carbocycles. The van der Waals surface area contributed by atoms with Crippen molar-refractivity contribution >= 4 is 5.97 Å². The number of aromatic nitrogens is 3. The Kier molecular flexibility index (Phi) is 3.46. The van der Waals surface area contributed by atoms with Gasteiger partial charge in [-0.1, -0.05) is 5.16 Å². The molecule has 0 radical (unpaired) electrons. The Morgan fingerprint density at radius 2 is 2.29 bits per heavy atom. The van der Waals surface area contributed by atoms with E-state index in [1.807, 2.05) is 6.07 Å². The average Bonchev–Trinajstić information content (AvgIpc) is 3.15. The molecule has 0 fully saturated rings. The van der Waals surface area contributed by atoms with Crippen LogP contribution in [-0.2, 0) is 11.3 Å². The summed E-state index contributed by atoms with van der Waals surface area (Å²) in [5, 5.41) is 3.81. The van der Waals surface area contributed by atoms with Crippen molar-refractivity contribution in [2.24, 2.45) is 0 Å². The maximum absolute atomic E-state index is 11.8. The van der Waals surface area contributed by atoms with Crippen molar-refractivity contribution in [3.63, 3.8) is 0 Å². The molecule has 3 aromatic rings. The molecule has 7 heteroatoms. The number of pyridine rings is 1. The van der Waals surface area contributed by atoms with Crippen molar-refractivity contribution in [1.29, 1.82) is 0 Å². The van der Waals surface area contributed by atoms with E-state index in [-0.39, 0.29) is 12.5 Å². The van der Waals surface area contributed by atoms with Crippen LogP contribution in [0.1, 0.15) is 22.0 Å². The summed E-state index contributed by atoms with van der Waals surface area (Å²) < 4.78 is 15.2. The van der Waals surface area contributed by atoms with Crippen molar-refractivity contribution in [2.45, 2.75) is 13.5 Å². The lowest BCUT2D eigenvalue weighted by Gasteiger charge is -1.99. The molecule has 0 aliphatic rings. The molecule has 0 atom stereocenters. The van der Waals surface area contributed by atoms with Gasteiger partial charge in [-0.05, 0) is 25.1 Å². The minimum absolute atomic E-state index is 0.100. The number of hydrogen-bond donors (Lipinski definition) is 0. The van der Waals surface area contributed by atoms with Crippen molar-refractivity contribution in [3.8, 4) is 11.4 Å². The van der Waals surface area contributed by atoms with Crippen LogP contribution < -0.4 is 0 Å². The zero-order valence-electron chi connectivity index (χ0n) is 11.1. The number of carbonyl (C=O) groups is 1. The van der Waals surface area contributed by atoms with Gasteiger partial charge < -0.3 is 13.7 Å². The first-order valence-corrected chi connectivity index (χ1v) is 6.18. The van der Waals surface area contributed by atoms with Gasteiger partial charge in [0.25, 0.3) is 5.89 Å². The number of ether oxygens (including phenoxy) is 1. The fourth-order valence-electron chi connectivity index (χ4n) is 1.73. The van der Waals surface area contributed by atoms with Crippen LogP contribution in [0.15, 0.2) is 45.8 Å². The largest absolute Gasteiger partial charge is 0.469 e. The highest BCUT2D eigenvalue weighted by atomic mass is 16.6. The van der Waals surface area contributed by atoms with E-state index in [4.69, 9.17) is 13.7 Å².